The molecule has 0 radical (unpaired) electrons. The molecule has 24 heavy (non-hydrogen) atoms. The molecule has 7 heteroatoms. The monoisotopic (exact) mass is 397 g/mol. The zero-order valence-electron chi connectivity index (χ0n) is 13.6. The summed E-state index contributed by atoms with van der Waals surface area (Å²) in [4.78, 5) is 25.7. The lowest BCUT2D eigenvalue weighted by atomic mass is 10.2. The van der Waals surface area contributed by atoms with Gasteiger partial charge in [0, 0.05) is 19.2 Å². The van der Waals surface area contributed by atoms with Gasteiger partial charge in [0.25, 0.3) is 5.91 Å². The Labute approximate surface area is 149 Å². The summed E-state index contributed by atoms with van der Waals surface area (Å²) in [6.07, 6.45) is 3.95. The van der Waals surface area contributed by atoms with Crippen molar-refractivity contribution in [3.63, 3.8) is 0 Å². The van der Waals surface area contributed by atoms with Crippen molar-refractivity contribution >= 4 is 33.9 Å². The fraction of sp³-hybridized carbons (Fsp3) is 0.412. The van der Waals surface area contributed by atoms with Crippen molar-refractivity contribution in [2.75, 3.05) is 20.2 Å². The summed E-state index contributed by atoms with van der Waals surface area (Å²) in [6, 6.07) is 3.23. The van der Waals surface area contributed by atoms with E-state index in [9.17, 15) is 14.7 Å². The summed E-state index contributed by atoms with van der Waals surface area (Å²) in [5.74, 6) is -0.487. The number of likely N-dealkylation sites (tertiary alicyclic amines) is 1. The molecule has 1 aromatic rings. The normalized spacial score (nSPS) is 15.5. The van der Waals surface area contributed by atoms with Gasteiger partial charge < -0.3 is 19.5 Å². The van der Waals surface area contributed by atoms with Crippen LogP contribution < -0.4 is 4.74 Å². The maximum atomic E-state index is 12.1. The lowest BCUT2D eigenvalue weighted by molar-refractivity contribution is -0.154. The van der Waals surface area contributed by atoms with E-state index >= 15 is 0 Å². The van der Waals surface area contributed by atoms with E-state index in [4.69, 9.17) is 9.47 Å². The van der Waals surface area contributed by atoms with Gasteiger partial charge in [-0.15, -0.1) is 0 Å². The molecule has 0 spiro atoms. The van der Waals surface area contributed by atoms with E-state index in [0.29, 0.717) is 10.0 Å². The number of hydrogen-bond acceptors (Lipinski definition) is 5. The van der Waals surface area contributed by atoms with Gasteiger partial charge in [0.1, 0.15) is 0 Å². The molecule has 1 heterocycles. The number of carbonyl (C=O) groups is 2. The van der Waals surface area contributed by atoms with Gasteiger partial charge in [-0.1, -0.05) is 0 Å². The molecule has 1 atom stereocenters. The first-order valence-electron chi connectivity index (χ1n) is 7.66. The number of amides is 1. The fourth-order valence-corrected chi connectivity index (χ4v) is 2.93. The Hall–Kier alpha value is -2.02. The number of rotatable bonds is 5. The third-order valence-electron chi connectivity index (χ3n) is 3.74. The number of aromatic hydroxyl groups is 1. The van der Waals surface area contributed by atoms with Crippen molar-refractivity contribution in [1.29, 1.82) is 0 Å². The number of carbonyl (C=O) groups excluding carboxylic acids is 2. The molecule has 1 fully saturated rings. The molecule has 0 aromatic heterocycles. The standard InChI is InChI=1S/C17H20BrNO5/c1-11(17(22)19-7-3-4-8-19)24-15(20)6-5-12-9-13(18)16(21)14(10-12)23-2/h5-6,9-11,21H,3-4,7-8H2,1-2H3/b6-5+/t11-/m0/s1. The van der Waals surface area contributed by atoms with Gasteiger partial charge in [0.2, 0.25) is 0 Å². The summed E-state index contributed by atoms with van der Waals surface area (Å²) < 4.78 is 10.6. The largest absolute Gasteiger partial charge is 0.503 e. The van der Waals surface area contributed by atoms with E-state index in [2.05, 4.69) is 15.9 Å². The Kier molecular flexibility index (Phi) is 6.25. The van der Waals surface area contributed by atoms with Gasteiger partial charge in [0.15, 0.2) is 17.6 Å². The highest BCUT2D eigenvalue weighted by atomic mass is 79.9. The Morgan fingerprint density at radius 3 is 2.62 bits per heavy atom. The molecule has 0 bridgehead atoms. The van der Waals surface area contributed by atoms with Gasteiger partial charge in [-0.05, 0) is 59.5 Å². The summed E-state index contributed by atoms with van der Waals surface area (Å²) >= 11 is 3.21. The van der Waals surface area contributed by atoms with Crippen LogP contribution in [-0.4, -0.2) is 48.2 Å². The zero-order chi connectivity index (χ0) is 17.7. The highest BCUT2D eigenvalue weighted by Crippen LogP contribution is 2.35. The van der Waals surface area contributed by atoms with Crippen LogP contribution in [0.5, 0.6) is 11.5 Å². The number of nitrogens with zero attached hydrogens (tertiary/aromatic N) is 1. The number of hydrogen-bond donors (Lipinski definition) is 1. The van der Waals surface area contributed by atoms with E-state index < -0.39 is 12.1 Å². The molecule has 0 aliphatic carbocycles. The summed E-state index contributed by atoms with van der Waals surface area (Å²) in [7, 11) is 1.44. The van der Waals surface area contributed by atoms with Crippen LogP contribution in [0.4, 0.5) is 0 Å². The van der Waals surface area contributed by atoms with Crippen molar-refractivity contribution in [3.05, 3.63) is 28.2 Å². The molecule has 1 N–H and O–H groups in total. The van der Waals surface area contributed by atoms with Crippen molar-refractivity contribution in [3.8, 4) is 11.5 Å². The van der Waals surface area contributed by atoms with Crippen LogP contribution in [0.25, 0.3) is 6.08 Å². The van der Waals surface area contributed by atoms with E-state index in [0.717, 1.165) is 25.9 Å². The van der Waals surface area contributed by atoms with E-state index in [1.54, 1.807) is 24.0 Å². The average molecular weight is 398 g/mol. The minimum absolute atomic E-state index is 0.0120. The Balaban J connectivity index is 1.97. The maximum Gasteiger partial charge on any atom is 0.331 e. The van der Waals surface area contributed by atoms with Gasteiger partial charge in [-0.3, -0.25) is 4.79 Å². The number of halogens is 1. The van der Waals surface area contributed by atoms with Crippen molar-refractivity contribution in [1.82, 2.24) is 4.90 Å². The van der Waals surface area contributed by atoms with Crippen molar-refractivity contribution < 1.29 is 24.2 Å². The average Bonchev–Trinajstić information content (AvgIpc) is 3.09. The number of phenolic OH excluding ortho intramolecular Hbond substituents is 1. The van der Waals surface area contributed by atoms with Crippen LogP contribution in [-0.2, 0) is 14.3 Å². The number of ether oxygens (including phenoxy) is 2. The first-order valence-corrected chi connectivity index (χ1v) is 8.45. The first-order chi connectivity index (χ1) is 11.4. The van der Waals surface area contributed by atoms with E-state index in [1.807, 2.05) is 0 Å². The van der Waals surface area contributed by atoms with Gasteiger partial charge in [0.05, 0.1) is 11.6 Å². The van der Waals surface area contributed by atoms with Crippen molar-refractivity contribution in [2.24, 2.45) is 0 Å². The summed E-state index contributed by atoms with van der Waals surface area (Å²) in [6.45, 7) is 3.02. The second kappa shape index (κ2) is 8.19. The van der Waals surface area contributed by atoms with E-state index in [-0.39, 0.29) is 17.4 Å². The van der Waals surface area contributed by atoms with Crippen LogP contribution in [0.1, 0.15) is 25.3 Å². The number of phenols is 1. The second-order valence-corrected chi connectivity index (χ2v) is 6.35. The van der Waals surface area contributed by atoms with E-state index in [1.165, 1.54) is 19.3 Å². The molecule has 2 rings (SSSR count). The molecular weight excluding hydrogens is 378 g/mol. The topological polar surface area (TPSA) is 76.1 Å². The second-order valence-electron chi connectivity index (χ2n) is 5.50. The molecule has 0 unspecified atom stereocenters. The van der Waals surface area contributed by atoms with Gasteiger partial charge in [-0.2, -0.15) is 0 Å². The molecule has 0 saturated carbocycles. The molecule has 1 aliphatic rings. The van der Waals surface area contributed by atoms with Crippen LogP contribution in [0, 0.1) is 0 Å². The quantitative estimate of drug-likeness (QED) is 0.610. The molecule has 1 aliphatic heterocycles. The van der Waals surface area contributed by atoms with Gasteiger partial charge >= 0.3 is 5.97 Å². The minimum Gasteiger partial charge on any atom is -0.503 e. The zero-order valence-corrected chi connectivity index (χ0v) is 15.2. The molecule has 1 aromatic carbocycles. The summed E-state index contributed by atoms with van der Waals surface area (Å²) in [5.41, 5.74) is 0.645. The van der Waals surface area contributed by atoms with Crippen LogP contribution >= 0.6 is 15.9 Å². The van der Waals surface area contributed by atoms with Crippen LogP contribution in [0.3, 0.4) is 0 Å². The molecule has 1 amide bonds. The fourth-order valence-electron chi connectivity index (χ4n) is 2.47. The highest BCUT2D eigenvalue weighted by Gasteiger charge is 2.25. The summed E-state index contributed by atoms with van der Waals surface area (Å²) in [5, 5.41) is 9.75. The van der Waals surface area contributed by atoms with Gasteiger partial charge in [-0.25, -0.2) is 4.79 Å². The van der Waals surface area contributed by atoms with Crippen LogP contribution in [0.15, 0.2) is 22.7 Å². The first kappa shape index (κ1) is 18.3. The van der Waals surface area contributed by atoms with Crippen LogP contribution in [0.2, 0.25) is 0 Å². The Bertz CT molecular complexity index is 653. The predicted molar refractivity (Wildman–Crippen MR) is 92.8 cm³/mol. The minimum atomic E-state index is -0.804. The number of benzene rings is 1. The highest BCUT2D eigenvalue weighted by molar-refractivity contribution is 9.10. The van der Waals surface area contributed by atoms with Crippen molar-refractivity contribution in [2.45, 2.75) is 25.9 Å². The molecule has 130 valence electrons. The number of esters is 1. The maximum absolute atomic E-state index is 12.1. The number of methoxy groups -OCH3 is 1. The SMILES string of the molecule is COc1cc(/C=C/C(=O)O[C@@H](C)C(=O)N2CCCC2)cc(Br)c1O. The smallest absolute Gasteiger partial charge is 0.331 e. The lowest BCUT2D eigenvalue weighted by Crippen LogP contribution is -2.37. The molecule has 1 saturated heterocycles. The molecule has 6 nitrogen and oxygen atoms in total. The third-order valence-corrected chi connectivity index (χ3v) is 4.35. The lowest BCUT2D eigenvalue weighted by Gasteiger charge is -2.19. The molecular formula is C17H20BrNO5. The third kappa shape index (κ3) is 4.50. The Morgan fingerprint density at radius 1 is 1.33 bits per heavy atom. The predicted octanol–water partition coefficient (Wildman–Crippen LogP) is 2.73. The Morgan fingerprint density at radius 2 is 2.00 bits per heavy atom.